The van der Waals surface area contributed by atoms with Crippen LogP contribution in [0.1, 0.15) is 38.8 Å². The third-order valence-corrected chi connectivity index (χ3v) is 5.52. The zero-order valence-corrected chi connectivity index (χ0v) is 19.5. The van der Waals surface area contributed by atoms with Crippen LogP contribution in [0.15, 0.2) is 36.4 Å². The van der Waals surface area contributed by atoms with Crippen LogP contribution in [-0.2, 0) is 17.8 Å². The summed E-state index contributed by atoms with van der Waals surface area (Å²) in [5.74, 6) is -1.47. The van der Waals surface area contributed by atoms with Gasteiger partial charge in [-0.1, -0.05) is 18.2 Å². The fraction of sp³-hybridized carbons (Fsp3) is 0.348. The average Bonchev–Trinajstić information content (AvgIpc) is 2.79. The topological polar surface area (TPSA) is 160 Å². The molecule has 34 heavy (non-hydrogen) atoms. The molecule has 180 valence electrons. The van der Waals surface area contributed by atoms with E-state index in [-0.39, 0.29) is 24.3 Å². The highest BCUT2D eigenvalue weighted by Gasteiger charge is 2.37. The minimum absolute atomic E-state index is 0.0125. The summed E-state index contributed by atoms with van der Waals surface area (Å²) < 4.78 is 5.58. The molecule has 0 aliphatic carbocycles. The van der Waals surface area contributed by atoms with Crippen LogP contribution in [0.4, 0.5) is 5.69 Å². The number of benzene rings is 2. The molecule has 1 aliphatic heterocycles. The standard InChI is InChI=1S/C23H30BN5O5/c1-13(30)17-6-4-5-14-10-20(24(33)34-21(14)17)28-22(31)15-7-8-16(12-29(2)3)19(9-15)27-23(32)18(26)11-25/h4-9,18,20,33H,10-12,25-26H2,1-3H3,(H,27,32)(H,28,31)/t18-,20-/m0/s1. The van der Waals surface area contributed by atoms with Gasteiger partial charge in [-0.25, -0.2) is 0 Å². The van der Waals surface area contributed by atoms with Crippen molar-refractivity contribution in [2.24, 2.45) is 11.5 Å². The molecule has 0 spiro atoms. The second kappa shape index (κ2) is 10.8. The number of ketones is 1. The molecule has 0 aromatic heterocycles. The van der Waals surface area contributed by atoms with Crippen molar-refractivity contribution in [3.63, 3.8) is 0 Å². The molecule has 11 heteroatoms. The summed E-state index contributed by atoms with van der Waals surface area (Å²) in [5, 5.41) is 16.0. The number of para-hydroxylation sites is 1. The molecule has 2 aromatic rings. The highest BCUT2D eigenvalue weighted by Crippen LogP contribution is 2.30. The number of hydrogen-bond donors (Lipinski definition) is 5. The molecule has 7 N–H and O–H groups in total. The zero-order valence-electron chi connectivity index (χ0n) is 19.5. The molecular formula is C23H30BN5O5. The van der Waals surface area contributed by atoms with Crippen molar-refractivity contribution in [1.29, 1.82) is 0 Å². The minimum Gasteiger partial charge on any atom is -0.534 e. The van der Waals surface area contributed by atoms with E-state index >= 15 is 0 Å². The van der Waals surface area contributed by atoms with Crippen LogP contribution in [-0.4, -0.2) is 67.3 Å². The summed E-state index contributed by atoms with van der Waals surface area (Å²) in [4.78, 5) is 39.1. The summed E-state index contributed by atoms with van der Waals surface area (Å²) in [7, 11) is 2.45. The number of nitrogens with zero attached hydrogens (tertiary/aromatic N) is 1. The number of anilines is 1. The Morgan fingerprint density at radius 2 is 2.00 bits per heavy atom. The van der Waals surface area contributed by atoms with Gasteiger partial charge in [0.05, 0.1) is 17.5 Å². The Bertz CT molecular complexity index is 1090. The van der Waals surface area contributed by atoms with Gasteiger partial charge in [-0.05, 0) is 56.8 Å². The van der Waals surface area contributed by atoms with Gasteiger partial charge in [0.2, 0.25) is 5.91 Å². The molecule has 0 fully saturated rings. The van der Waals surface area contributed by atoms with Crippen LogP contribution in [0.3, 0.4) is 0 Å². The van der Waals surface area contributed by atoms with E-state index in [2.05, 4.69) is 10.6 Å². The maximum atomic E-state index is 13.0. The normalized spacial score (nSPS) is 15.9. The van der Waals surface area contributed by atoms with Crippen LogP contribution in [0, 0.1) is 0 Å². The lowest BCUT2D eigenvalue weighted by Gasteiger charge is -2.29. The van der Waals surface area contributed by atoms with Gasteiger partial charge in [0.1, 0.15) is 5.75 Å². The second-order valence-corrected chi connectivity index (χ2v) is 8.58. The predicted molar refractivity (Wildman–Crippen MR) is 129 cm³/mol. The number of nitrogens with two attached hydrogens (primary N) is 2. The quantitative estimate of drug-likeness (QED) is 0.266. The number of carbonyl (C=O) groups excluding carboxylic acids is 3. The molecular weight excluding hydrogens is 437 g/mol. The van der Waals surface area contributed by atoms with Crippen LogP contribution >= 0.6 is 0 Å². The number of rotatable bonds is 8. The van der Waals surface area contributed by atoms with Crippen LogP contribution < -0.4 is 26.8 Å². The van der Waals surface area contributed by atoms with Gasteiger partial charge in [-0.15, -0.1) is 0 Å². The van der Waals surface area contributed by atoms with Gasteiger partial charge in [-0.2, -0.15) is 0 Å². The van der Waals surface area contributed by atoms with Crippen molar-refractivity contribution in [2.45, 2.75) is 31.9 Å². The number of hydrogen-bond acceptors (Lipinski definition) is 8. The Morgan fingerprint density at radius 3 is 2.65 bits per heavy atom. The van der Waals surface area contributed by atoms with Gasteiger partial charge in [-0.3, -0.25) is 14.4 Å². The third kappa shape index (κ3) is 5.81. The van der Waals surface area contributed by atoms with E-state index in [0.717, 1.165) is 5.56 Å². The summed E-state index contributed by atoms with van der Waals surface area (Å²) in [5.41, 5.74) is 13.9. The second-order valence-electron chi connectivity index (χ2n) is 8.58. The Hall–Kier alpha value is -3.25. The van der Waals surface area contributed by atoms with E-state index in [4.69, 9.17) is 16.1 Å². The lowest BCUT2D eigenvalue weighted by atomic mass is 9.72. The lowest BCUT2D eigenvalue weighted by molar-refractivity contribution is -0.117. The average molecular weight is 467 g/mol. The monoisotopic (exact) mass is 467 g/mol. The molecule has 0 bridgehead atoms. The Kier molecular flexibility index (Phi) is 8.05. The lowest BCUT2D eigenvalue weighted by Crippen LogP contribution is -2.53. The number of Topliss-reactive ketones (excluding diaryl/α,β-unsaturated/α-hetero) is 1. The predicted octanol–water partition coefficient (Wildman–Crippen LogP) is -0.0715. The Morgan fingerprint density at radius 1 is 1.26 bits per heavy atom. The first-order valence-electron chi connectivity index (χ1n) is 10.9. The molecule has 2 aromatic carbocycles. The third-order valence-electron chi connectivity index (χ3n) is 5.52. The van der Waals surface area contributed by atoms with Gasteiger partial charge < -0.3 is 36.7 Å². The minimum atomic E-state index is -1.33. The molecule has 2 atom stereocenters. The number of fused-ring (bicyclic) bond motifs is 1. The van der Waals surface area contributed by atoms with Crippen LogP contribution in [0.25, 0.3) is 0 Å². The molecule has 0 radical (unpaired) electrons. The van der Waals surface area contributed by atoms with Gasteiger partial charge >= 0.3 is 7.12 Å². The highest BCUT2D eigenvalue weighted by atomic mass is 16.5. The first-order chi connectivity index (χ1) is 16.1. The Labute approximate surface area is 198 Å². The molecule has 1 heterocycles. The number of nitrogens with one attached hydrogen (secondary N) is 2. The molecule has 0 saturated carbocycles. The van der Waals surface area contributed by atoms with Crippen molar-refractivity contribution in [3.05, 3.63) is 58.7 Å². The van der Waals surface area contributed by atoms with E-state index in [1.165, 1.54) is 6.92 Å². The first kappa shape index (κ1) is 25.4. The SMILES string of the molecule is CC(=O)c1cccc2c1OB(O)[C@@H](NC(=O)c1ccc(CN(C)C)c(NC(=O)[C@@H](N)CN)c1)C2. The molecule has 2 amide bonds. The molecule has 0 saturated heterocycles. The van der Waals surface area contributed by atoms with Crippen molar-refractivity contribution in [1.82, 2.24) is 10.2 Å². The number of amides is 2. The highest BCUT2D eigenvalue weighted by molar-refractivity contribution is 6.47. The largest absolute Gasteiger partial charge is 0.547 e. The van der Waals surface area contributed by atoms with Crippen molar-refractivity contribution in [3.8, 4) is 5.75 Å². The summed E-state index contributed by atoms with van der Waals surface area (Å²) in [6, 6.07) is 9.24. The van der Waals surface area contributed by atoms with Crippen LogP contribution in [0.2, 0.25) is 0 Å². The summed E-state index contributed by atoms with van der Waals surface area (Å²) in [6.07, 6.45) is 0.289. The summed E-state index contributed by atoms with van der Waals surface area (Å²) in [6.45, 7) is 1.94. The van der Waals surface area contributed by atoms with E-state index < -0.39 is 30.9 Å². The fourth-order valence-corrected chi connectivity index (χ4v) is 3.72. The van der Waals surface area contributed by atoms with E-state index in [0.29, 0.717) is 29.1 Å². The van der Waals surface area contributed by atoms with Gasteiger partial charge in [0.15, 0.2) is 5.78 Å². The molecule has 1 aliphatic rings. The fourth-order valence-electron chi connectivity index (χ4n) is 3.72. The van der Waals surface area contributed by atoms with Gasteiger partial charge in [0.25, 0.3) is 5.91 Å². The van der Waals surface area contributed by atoms with Crippen molar-refractivity contribution in [2.75, 3.05) is 26.0 Å². The molecule has 0 unspecified atom stereocenters. The van der Waals surface area contributed by atoms with Gasteiger partial charge in [0, 0.05) is 24.3 Å². The maximum Gasteiger partial charge on any atom is 0.547 e. The van der Waals surface area contributed by atoms with E-state index in [1.807, 2.05) is 19.0 Å². The summed E-state index contributed by atoms with van der Waals surface area (Å²) >= 11 is 0. The number of carbonyl (C=O) groups is 3. The van der Waals surface area contributed by atoms with E-state index in [9.17, 15) is 19.4 Å². The maximum absolute atomic E-state index is 13.0. The smallest absolute Gasteiger partial charge is 0.534 e. The molecule has 3 rings (SSSR count). The van der Waals surface area contributed by atoms with Crippen molar-refractivity contribution >= 4 is 30.4 Å². The molecule has 10 nitrogen and oxygen atoms in total. The van der Waals surface area contributed by atoms with Crippen molar-refractivity contribution < 1.29 is 24.1 Å². The Balaban J connectivity index is 1.81. The first-order valence-corrected chi connectivity index (χ1v) is 10.9. The van der Waals surface area contributed by atoms with E-state index in [1.54, 1.807) is 36.4 Å². The van der Waals surface area contributed by atoms with Crippen LogP contribution in [0.5, 0.6) is 5.75 Å². The zero-order chi connectivity index (χ0) is 25.0.